The van der Waals surface area contributed by atoms with Crippen LogP contribution in [0.25, 0.3) is 0 Å². The van der Waals surface area contributed by atoms with Crippen molar-refractivity contribution < 1.29 is 9.59 Å². The average molecular weight is 356 g/mol. The first-order chi connectivity index (χ1) is 13.2. The van der Waals surface area contributed by atoms with Crippen LogP contribution in [0, 0.1) is 11.3 Å². The number of nitriles is 1. The lowest BCUT2D eigenvalue weighted by Crippen LogP contribution is -2.23. The second-order valence-electron chi connectivity index (χ2n) is 5.74. The minimum absolute atomic E-state index is 0.232. The number of rotatable bonds is 5. The van der Waals surface area contributed by atoms with E-state index in [2.05, 4.69) is 15.6 Å². The molecule has 2 aromatic carbocycles. The number of nitrogens with one attached hydrogen (secondary N) is 2. The second-order valence-corrected chi connectivity index (χ2v) is 5.74. The highest BCUT2D eigenvalue weighted by atomic mass is 16.2. The average Bonchev–Trinajstić information content (AvgIpc) is 2.73. The number of benzene rings is 2. The van der Waals surface area contributed by atoms with Crippen molar-refractivity contribution in [2.24, 2.45) is 0 Å². The van der Waals surface area contributed by atoms with Crippen LogP contribution in [0.2, 0.25) is 0 Å². The van der Waals surface area contributed by atoms with E-state index in [1.807, 2.05) is 36.4 Å². The molecule has 0 saturated carbocycles. The quantitative estimate of drug-likeness (QED) is 0.734. The normalized spacial score (nSPS) is 9.89. The van der Waals surface area contributed by atoms with Gasteiger partial charge in [-0.25, -0.2) is 0 Å². The van der Waals surface area contributed by atoms with Gasteiger partial charge >= 0.3 is 0 Å². The lowest BCUT2D eigenvalue weighted by atomic mass is 10.1. The number of amides is 2. The number of hydrogen-bond donors (Lipinski definition) is 2. The molecule has 3 rings (SSSR count). The summed E-state index contributed by atoms with van der Waals surface area (Å²) in [6.45, 7) is 0.381. The Kier molecular flexibility index (Phi) is 5.55. The molecular weight excluding hydrogens is 340 g/mol. The van der Waals surface area contributed by atoms with Crippen molar-refractivity contribution in [1.82, 2.24) is 10.3 Å². The summed E-state index contributed by atoms with van der Waals surface area (Å²) < 4.78 is 0. The summed E-state index contributed by atoms with van der Waals surface area (Å²) in [5.74, 6) is -0.763. The summed E-state index contributed by atoms with van der Waals surface area (Å²) in [4.78, 5) is 28.7. The second kappa shape index (κ2) is 8.41. The summed E-state index contributed by atoms with van der Waals surface area (Å²) in [6, 6.07) is 19.7. The van der Waals surface area contributed by atoms with Gasteiger partial charge in [0.2, 0.25) is 0 Å². The van der Waals surface area contributed by atoms with Crippen molar-refractivity contribution in [3.8, 4) is 6.07 Å². The molecule has 0 radical (unpaired) electrons. The van der Waals surface area contributed by atoms with Gasteiger partial charge in [0, 0.05) is 18.9 Å². The molecule has 2 amide bonds. The highest BCUT2D eigenvalue weighted by Crippen LogP contribution is 2.15. The van der Waals surface area contributed by atoms with Gasteiger partial charge in [-0.15, -0.1) is 0 Å². The molecule has 6 heteroatoms. The van der Waals surface area contributed by atoms with Crippen molar-refractivity contribution in [2.45, 2.75) is 6.54 Å². The summed E-state index contributed by atoms with van der Waals surface area (Å²) in [5, 5.41) is 14.6. The van der Waals surface area contributed by atoms with Gasteiger partial charge in [0.1, 0.15) is 6.07 Å². The number of pyridine rings is 1. The fourth-order valence-corrected chi connectivity index (χ4v) is 2.45. The molecule has 1 heterocycles. The smallest absolute Gasteiger partial charge is 0.257 e. The van der Waals surface area contributed by atoms with E-state index < -0.39 is 5.91 Å². The van der Waals surface area contributed by atoms with E-state index in [-0.39, 0.29) is 17.0 Å². The number of aromatic nitrogens is 1. The van der Waals surface area contributed by atoms with E-state index in [1.54, 1.807) is 24.3 Å². The van der Waals surface area contributed by atoms with E-state index in [1.165, 1.54) is 18.5 Å². The molecule has 0 unspecified atom stereocenters. The van der Waals surface area contributed by atoms with Crippen molar-refractivity contribution in [1.29, 1.82) is 5.26 Å². The van der Waals surface area contributed by atoms with E-state index >= 15 is 0 Å². The van der Waals surface area contributed by atoms with Crippen LogP contribution in [0.3, 0.4) is 0 Å². The first-order valence-electron chi connectivity index (χ1n) is 8.25. The fraction of sp³-hybridized carbons (Fsp3) is 0.0476. The van der Waals surface area contributed by atoms with Crippen LogP contribution in [-0.2, 0) is 6.54 Å². The maximum atomic E-state index is 12.4. The van der Waals surface area contributed by atoms with Crippen molar-refractivity contribution >= 4 is 17.5 Å². The van der Waals surface area contributed by atoms with Gasteiger partial charge in [0.05, 0.1) is 22.4 Å². The van der Waals surface area contributed by atoms with Gasteiger partial charge in [-0.2, -0.15) is 5.26 Å². The zero-order valence-corrected chi connectivity index (χ0v) is 14.3. The maximum Gasteiger partial charge on any atom is 0.257 e. The third-order valence-electron chi connectivity index (χ3n) is 3.85. The Morgan fingerprint density at radius 1 is 0.926 bits per heavy atom. The Balaban J connectivity index is 1.70. The Hall–Kier alpha value is -3.98. The van der Waals surface area contributed by atoms with Crippen LogP contribution in [0.15, 0.2) is 73.1 Å². The SMILES string of the molecule is N#Cc1ccccc1NC(=O)c1cncc(C(=O)NCc2ccccc2)c1. The number of nitrogens with zero attached hydrogens (tertiary/aromatic N) is 2. The molecule has 132 valence electrons. The topological polar surface area (TPSA) is 94.9 Å². The van der Waals surface area contributed by atoms with Gasteiger partial charge in [-0.1, -0.05) is 42.5 Å². The summed E-state index contributed by atoms with van der Waals surface area (Å²) in [6.07, 6.45) is 2.78. The monoisotopic (exact) mass is 356 g/mol. The Morgan fingerprint density at radius 2 is 1.59 bits per heavy atom. The zero-order valence-electron chi connectivity index (χ0n) is 14.3. The Labute approximate surface area is 156 Å². The Bertz CT molecular complexity index is 1010. The highest BCUT2D eigenvalue weighted by Gasteiger charge is 2.13. The molecule has 1 aromatic heterocycles. The molecule has 0 atom stereocenters. The van der Waals surface area contributed by atoms with E-state index in [0.717, 1.165) is 5.56 Å². The van der Waals surface area contributed by atoms with Crippen LogP contribution in [0.4, 0.5) is 5.69 Å². The van der Waals surface area contributed by atoms with E-state index in [0.29, 0.717) is 17.8 Å². The van der Waals surface area contributed by atoms with Crippen LogP contribution >= 0.6 is 0 Å². The minimum atomic E-state index is -0.442. The fourth-order valence-electron chi connectivity index (χ4n) is 2.45. The zero-order chi connectivity index (χ0) is 19.1. The first-order valence-corrected chi connectivity index (χ1v) is 8.25. The summed E-state index contributed by atoms with van der Waals surface area (Å²) >= 11 is 0. The van der Waals surface area contributed by atoms with Crippen molar-refractivity contribution in [2.75, 3.05) is 5.32 Å². The van der Waals surface area contributed by atoms with Crippen LogP contribution in [-0.4, -0.2) is 16.8 Å². The van der Waals surface area contributed by atoms with Crippen molar-refractivity contribution in [3.63, 3.8) is 0 Å². The third-order valence-corrected chi connectivity index (χ3v) is 3.85. The van der Waals surface area contributed by atoms with Gasteiger partial charge in [-0.05, 0) is 23.8 Å². The number of para-hydroxylation sites is 1. The van der Waals surface area contributed by atoms with Gasteiger partial charge in [0.15, 0.2) is 0 Å². The summed E-state index contributed by atoms with van der Waals surface area (Å²) in [7, 11) is 0. The minimum Gasteiger partial charge on any atom is -0.348 e. The maximum absolute atomic E-state index is 12.4. The molecule has 0 aliphatic rings. The molecule has 0 aliphatic heterocycles. The molecule has 0 spiro atoms. The van der Waals surface area contributed by atoms with Crippen LogP contribution in [0.1, 0.15) is 31.8 Å². The molecule has 0 fully saturated rings. The van der Waals surface area contributed by atoms with Crippen LogP contribution < -0.4 is 10.6 Å². The molecule has 6 nitrogen and oxygen atoms in total. The Morgan fingerprint density at radius 3 is 2.33 bits per heavy atom. The lowest BCUT2D eigenvalue weighted by molar-refractivity contribution is 0.0950. The van der Waals surface area contributed by atoms with E-state index in [4.69, 9.17) is 5.26 Å². The molecule has 0 aliphatic carbocycles. The molecular formula is C21H16N4O2. The number of hydrogen-bond acceptors (Lipinski definition) is 4. The third kappa shape index (κ3) is 4.55. The van der Waals surface area contributed by atoms with E-state index in [9.17, 15) is 9.59 Å². The number of anilines is 1. The molecule has 0 saturated heterocycles. The number of carbonyl (C=O) groups excluding carboxylic acids is 2. The molecule has 27 heavy (non-hydrogen) atoms. The predicted molar refractivity (Wildman–Crippen MR) is 101 cm³/mol. The molecule has 2 N–H and O–H groups in total. The lowest BCUT2D eigenvalue weighted by Gasteiger charge is -2.08. The molecule has 0 bridgehead atoms. The standard InChI is InChI=1S/C21H16N4O2/c22-11-16-8-4-5-9-19(16)25-21(27)18-10-17(13-23-14-18)20(26)24-12-15-6-2-1-3-7-15/h1-10,13-14H,12H2,(H,24,26)(H,25,27). The summed E-state index contributed by atoms with van der Waals surface area (Å²) in [5.41, 5.74) is 2.25. The van der Waals surface area contributed by atoms with Gasteiger partial charge in [0.25, 0.3) is 11.8 Å². The highest BCUT2D eigenvalue weighted by molar-refractivity contribution is 6.06. The van der Waals surface area contributed by atoms with Gasteiger partial charge < -0.3 is 10.6 Å². The largest absolute Gasteiger partial charge is 0.348 e. The van der Waals surface area contributed by atoms with Gasteiger partial charge in [-0.3, -0.25) is 14.6 Å². The molecule has 3 aromatic rings. The predicted octanol–water partition coefficient (Wildman–Crippen LogP) is 3.14. The number of carbonyl (C=O) groups is 2. The first kappa shape index (κ1) is 17.8. The van der Waals surface area contributed by atoms with Crippen LogP contribution in [0.5, 0.6) is 0 Å². The van der Waals surface area contributed by atoms with Crippen molar-refractivity contribution in [3.05, 3.63) is 95.3 Å².